The molecule has 2 heterocycles. The highest BCUT2D eigenvalue weighted by molar-refractivity contribution is 6.19. The number of amides is 4. The summed E-state index contributed by atoms with van der Waals surface area (Å²) in [6.45, 7) is 7.13. The Morgan fingerprint density at radius 3 is 2.24 bits per heavy atom. The van der Waals surface area contributed by atoms with Gasteiger partial charge in [-0.3, -0.25) is 19.8 Å². The highest BCUT2D eigenvalue weighted by Gasteiger charge is 2.51. The van der Waals surface area contributed by atoms with Crippen LogP contribution in [0.4, 0.5) is 4.79 Å². The molecule has 2 aliphatic heterocycles. The molecule has 0 unspecified atom stereocenters. The van der Waals surface area contributed by atoms with Gasteiger partial charge in [0, 0.05) is 6.54 Å². The maximum atomic E-state index is 12.6. The predicted molar refractivity (Wildman–Crippen MR) is 78.6 cm³/mol. The minimum Gasteiger partial charge on any atom is -0.303 e. The van der Waals surface area contributed by atoms with E-state index in [0.717, 1.165) is 26.1 Å². The number of hydrogen-bond donors (Lipinski definition) is 1. The molecule has 118 valence electrons. The summed E-state index contributed by atoms with van der Waals surface area (Å²) in [7, 11) is 0. The van der Waals surface area contributed by atoms with Gasteiger partial charge in [-0.15, -0.1) is 0 Å². The molecular formula is C15H25N3O3. The molecule has 0 aliphatic carbocycles. The molecule has 0 atom stereocenters. The Labute approximate surface area is 125 Å². The summed E-state index contributed by atoms with van der Waals surface area (Å²) in [6, 6.07) is -0.566. The molecule has 4 amide bonds. The molecular weight excluding hydrogens is 270 g/mol. The van der Waals surface area contributed by atoms with E-state index in [9.17, 15) is 14.4 Å². The van der Waals surface area contributed by atoms with Crippen molar-refractivity contribution >= 4 is 17.8 Å². The van der Waals surface area contributed by atoms with Crippen molar-refractivity contribution < 1.29 is 14.4 Å². The second kappa shape index (κ2) is 6.56. The van der Waals surface area contributed by atoms with Crippen molar-refractivity contribution in [2.24, 2.45) is 5.41 Å². The van der Waals surface area contributed by atoms with Crippen LogP contribution in [0.1, 0.15) is 46.0 Å². The van der Waals surface area contributed by atoms with Crippen LogP contribution in [0, 0.1) is 5.41 Å². The van der Waals surface area contributed by atoms with Crippen molar-refractivity contribution in [3.05, 3.63) is 0 Å². The molecule has 21 heavy (non-hydrogen) atoms. The van der Waals surface area contributed by atoms with Crippen LogP contribution in [0.25, 0.3) is 0 Å². The molecule has 0 radical (unpaired) electrons. The lowest BCUT2D eigenvalue weighted by Gasteiger charge is -2.38. The van der Waals surface area contributed by atoms with Crippen LogP contribution < -0.4 is 5.32 Å². The van der Waals surface area contributed by atoms with Gasteiger partial charge in [0.05, 0.1) is 0 Å². The molecule has 0 aromatic carbocycles. The second-order valence-electron chi connectivity index (χ2n) is 5.91. The zero-order chi connectivity index (χ0) is 15.5. The van der Waals surface area contributed by atoms with Crippen LogP contribution >= 0.6 is 0 Å². The van der Waals surface area contributed by atoms with Crippen LogP contribution in [0.5, 0.6) is 0 Å². The van der Waals surface area contributed by atoms with Crippen molar-refractivity contribution in [2.75, 3.05) is 26.2 Å². The third-order valence-electron chi connectivity index (χ3n) is 4.82. The molecule has 6 nitrogen and oxygen atoms in total. The Bertz CT molecular complexity index is 426. The van der Waals surface area contributed by atoms with Crippen molar-refractivity contribution in [1.29, 1.82) is 0 Å². The van der Waals surface area contributed by atoms with E-state index in [0.29, 0.717) is 19.4 Å². The Hall–Kier alpha value is -1.43. The molecule has 2 saturated heterocycles. The van der Waals surface area contributed by atoms with E-state index in [4.69, 9.17) is 0 Å². The Balaban J connectivity index is 1.98. The molecule has 6 heteroatoms. The molecule has 2 rings (SSSR count). The van der Waals surface area contributed by atoms with Gasteiger partial charge in [-0.1, -0.05) is 13.8 Å². The van der Waals surface area contributed by atoms with E-state index >= 15 is 0 Å². The molecule has 2 fully saturated rings. The second-order valence-corrected chi connectivity index (χ2v) is 5.91. The molecule has 0 bridgehead atoms. The summed E-state index contributed by atoms with van der Waals surface area (Å²) >= 11 is 0. The predicted octanol–water partition coefficient (Wildman–Crippen LogP) is 1.36. The first-order chi connectivity index (χ1) is 10.0. The lowest BCUT2D eigenvalue weighted by Crippen LogP contribution is -2.63. The van der Waals surface area contributed by atoms with Crippen LogP contribution in [-0.2, 0) is 9.59 Å². The van der Waals surface area contributed by atoms with Crippen LogP contribution in [0.2, 0.25) is 0 Å². The molecule has 1 N–H and O–H groups in total. The fraction of sp³-hybridized carbons (Fsp3) is 0.800. The lowest BCUT2D eigenvalue weighted by atomic mass is 9.78. The third-order valence-corrected chi connectivity index (χ3v) is 4.82. The number of nitrogens with zero attached hydrogens (tertiary/aromatic N) is 2. The highest BCUT2D eigenvalue weighted by Crippen LogP contribution is 2.32. The average Bonchev–Trinajstić information content (AvgIpc) is 2.97. The van der Waals surface area contributed by atoms with Gasteiger partial charge < -0.3 is 4.90 Å². The number of carbonyl (C=O) groups excluding carboxylic acids is 3. The SMILES string of the molecule is CCC1(CC)C(=O)NC(=O)N(CCCN2CCCC2)C1=O. The summed E-state index contributed by atoms with van der Waals surface area (Å²) < 4.78 is 0. The number of hydrogen-bond acceptors (Lipinski definition) is 4. The number of urea groups is 1. The zero-order valence-electron chi connectivity index (χ0n) is 13.0. The molecule has 0 spiro atoms. The van der Waals surface area contributed by atoms with E-state index < -0.39 is 17.4 Å². The molecule has 2 aliphatic rings. The fourth-order valence-corrected chi connectivity index (χ4v) is 3.27. The summed E-state index contributed by atoms with van der Waals surface area (Å²) in [5, 5.41) is 2.34. The lowest BCUT2D eigenvalue weighted by molar-refractivity contribution is -0.152. The van der Waals surface area contributed by atoms with Crippen LogP contribution in [0.15, 0.2) is 0 Å². The van der Waals surface area contributed by atoms with Gasteiger partial charge in [0.15, 0.2) is 0 Å². The molecule has 0 aromatic rings. The Kier molecular flexibility index (Phi) is 4.98. The van der Waals surface area contributed by atoms with E-state index in [-0.39, 0.29) is 5.91 Å². The quantitative estimate of drug-likeness (QED) is 0.751. The van der Waals surface area contributed by atoms with Crippen molar-refractivity contribution in [1.82, 2.24) is 15.1 Å². The van der Waals surface area contributed by atoms with Crippen molar-refractivity contribution in [3.8, 4) is 0 Å². The Morgan fingerprint density at radius 2 is 1.67 bits per heavy atom. The maximum absolute atomic E-state index is 12.6. The topological polar surface area (TPSA) is 69.7 Å². The Morgan fingerprint density at radius 1 is 1.05 bits per heavy atom. The maximum Gasteiger partial charge on any atom is 0.330 e. The van der Waals surface area contributed by atoms with Crippen LogP contribution in [0.3, 0.4) is 0 Å². The van der Waals surface area contributed by atoms with Crippen molar-refractivity contribution in [2.45, 2.75) is 46.0 Å². The van der Waals surface area contributed by atoms with Gasteiger partial charge in [0.2, 0.25) is 11.8 Å². The monoisotopic (exact) mass is 295 g/mol. The van der Waals surface area contributed by atoms with E-state index in [1.54, 1.807) is 0 Å². The number of rotatable bonds is 6. The number of likely N-dealkylation sites (tertiary alicyclic amines) is 1. The summed E-state index contributed by atoms with van der Waals surface area (Å²) in [4.78, 5) is 40.1. The molecule has 0 saturated carbocycles. The van der Waals surface area contributed by atoms with Crippen molar-refractivity contribution in [3.63, 3.8) is 0 Å². The summed E-state index contributed by atoms with van der Waals surface area (Å²) in [5.74, 6) is -0.777. The number of barbiturate groups is 1. The largest absolute Gasteiger partial charge is 0.330 e. The van der Waals surface area contributed by atoms with Gasteiger partial charge in [-0.05, 0) is 51.7 Å². The summed E-state index contributed by atoms with van der Waals surface area (Å²) in [5.41, 5.74) is -1.07. The smallest absolute Gasteiger partial charge is 0.303 e. The van der Waals surface area contributed by atoms with Gasteiger partial charge in [-0.2, -0.15) is 0 Å². The van der Waals surface area contributed by atoms with Gasteiger partial charge >= 0.3 is 6.03 Å². The molecule has 0 aromatic heterocycles. The summed E-state index contributed by atoms with van der Waals surface area (Å²) in [6.07, 6.45) is 4.06. The highest BCUT2D eigenvalue weighted by atomic mass is 16.2. The number of nitrogens with one attached hydrogen (secondary N) is 1. The van der Waals surface area contributed by atoms with Crippen LogP contribution in [-0.4, -0.2) is 53.8 Å². The van der Waals surface area contributed by atoms with E-state index in [1.807, 2.05) is 13.8 Å². The average molecular weight is 295 g/mol. The fourth-order valence-electron chi connectivity index (χ4n) is 3.27. The number of carbonyl (C=O) groups is 3. The standard InChI is InChI=1S/C15H25N3O3/c1-3-15(4-2)12(19)16-14(21)18(13(15)20)11-7-10-17-8-5-6-9-17/h3-11H2,1-2H3,(H,16,19,21). The van der Waals surface area contributed by atoms with Gasteiger partial charge in [0.1, 0.15) is 5.41 Å². The first-order valence-corrected chi connectivity index (χ1v) is 7.95. The van der Waals surface area contributed by atoms with Gasteiger partial charge in [0.25, 0.3) is 0 Å². The minimum absolute atomic E-state index is 0.331. The normalized spacial score (nSPS) is 22.8. The first kappa shape index (κ1) is 15.9. The number of imide groups is 2. The van der Waals surface area contributed by atoms with E-state index in [2.05, 4.69) is 10.2 Å². The third kappa shape index (κ3) is 2.95. The van der Waals surface area contributed by atoms with E-state index in [1.165, 1.54) is 17.7 Å². The first-order valence-electron chi connectivity index (χ1n) is 7.95. The van der Waals surface area contributed by atoms with Gasteiger partial charge in [-0.25, -0.2) is 4.79 Å². The zero-order valence-corrected chi connectivity index (χ0v) is 13.0. The minimum atomic E-state index is -1.07.